The normalized spacial score (nSPS) is 14.5. The molecule has 1 N–H and O–H groups in total. The topological polar surface area (TPSA) is 12.0 Å². The Morgan fingerprint density at radius 2 is 2.00 bits per heavy atom. The molecule has 102 valence electrons. The van der Waals surface area contributed by atoms with E-state index in [1.165, 1.54) is 6.07 Å². The van der Waals surface area contributed by atoms with Gasteiger partial charge in [-0.2, -0.15) is 0 Å². The molecule has 0 heterocycles. The predicted octanol–water partition coefficient (Wildman–Crippen LogP) is 4.55. The molecule has 0 aliphatic heterocycles. The Morgan fingerprint density at radius 1 is 1.28 bits per heavy atom. The summed E-state index contributed by atoms with van der Waals surface area (Å²) in [6.45, 7) is 8.64. The predicted molar refractivity (Wildman–Crippen MR) is 79.4 cm³/mol. The molecule has 0 saturated heterocycles. The van der Waals surface area contributed by atoms with Crippen LogP contribution in [0.25, 0.3) is 0 Å². The highest BCUT2D eigenvalue weighted by Gasteiger charge is 2.22. The molecular weight excluding hydrogens is 293 g/mol. The van der Waals surface area contributed by atoms with Crippen LogP contribution in [0, 0.1) is 11.2 Å². The van der Waals surface area contributed by atoms with Crippen molar-refractivity contribution in [3.8, 4) is 0 Å². The van der Waals surface area contributed by atoms with Gasteiger partial charge in [0, 0.05) is 11.0 Å². The van der Waals surface area contributed by atoms with Crippen molar-refractivity contribution in [1.82, 2.24) is 5.32 Å². The van der Waals surface area contributed by atoms with Crippen LogP contribution in [0.1, 0.15) is 39.2 Å². The lowest BCUT2D eigenvalue weighted by molar-refractivity contribution is 0.290. The van der Waals surface area contributed by atoms with E-state index in [4.69, 9.17) is 0 Å². The van der Waals surface area contributed by atoms with Crippen molar-refractivity contribution in [2.75, 3.05) is 13.1 Å². The van der Waals surface area contributed by atoms with Gasteiger partial charge in [-0.25, -0.2) is 4.39 Å². The Kier molecular flexibility index (Phi) is 6.30. The number of nitrogens with one attached hydrogen (secondary N) is 1. The molecule has 1 rings (SSSR count). The van der Waals surface area contributed by atoms with E-state index in [0.29, 0.717) is 0 Å². The van der Waals surface area contributed by atoms with Gasteiger partial charge in [-0.15, -0.1) is 0 Å². The average Bonchev–Trinajstić information content (AvgIpc) is 2.28. The summed E-state index contributed by atoms with van der Waals surface area (Å²) in [6, 6.07) is 5.15. The van der Waals surface area contributed by atoms with Gasteiger partial charge in [0.2, 0.25) is 0 Å². The molecular formula is C15H23BrFN. The van der Waals surface area contributed by atoms with Crippen molar-refractivity contribution in [2.45, 2.75) is 40.0 Å². The summed E-state index contributed by atoms with van der Waals surface area (Å²) in [5.41, 5.74) is 1.24. The molecule has 3 heteroatoms. The second-order valence-electron chi connectivity index (χ2n) is 5.30. The lowest BCUT2D eigenvalue weighted by atomic mass is 9.81. The first-order chi connectivity index (χ1) is 8.49. The average molecular weight is 316 g/mol. The smallest absolute Gasteiger partial charge is 0.124 e. The first-order valence-electron chi connectivity index (χ1n) is 6.65. The molecule has 0 aromatic heterocycles. The van der Waals surface area contributed by atoms with Crippen molar-refractivity contribution >= 4 is 15.9 Å². The van der Waals surface area contributed by atoms with Gasteiger partial charge in [0.1, 0.15) is 5.82 Å². The van der Waals surface area contributed by atoms with Crippen LogP contribution in [-0.4, -0.2) is 13.1 Å². The highest BCUT2D eigenvalue weighted by molar-refractivity contribution is 9.10. The van der Waals surface area contributed by atoms with E-state index >= 15 is 0 Å². The van der Waals surface area contributed by atoms with Gasteiger partial charge in [0.05, 0.1) is 0 Å². The molecule has 0 saturated carbocycles. The molecule has 1 nitrogen and oxygen atoms in total. The molecule has 18 heavy (non-hydrogen) atoms. The van der Waals surface area contributed by atoms with Crippen LogP contribution in [0.2, 0.25) is 0 Å². The van der Waals surface area contributed by atoms with Crippen LogP contribution in [-0.2, 0) is 6.42 Å². The summed E-state index contributed by atoms with van der Waals surface area (Å²) in [5.74, 6) is -0.167. The highest BCUT2D eigenvalue weighted by atomic mass is 79.9. The summed E-state index contributed by atoms with van der Waals surface area (Å²) < 4.78 is 14.2. The van der Waals surface area contributed by atoms with Crippen molar-refractivity contribution < 1.29 is 4.39 Å². The maximum atomic E-state index is 13.4. The standard InChI is InChI=1S/C15H23BrFN/c1-4-6-18-11-15(3,5-2)10-12-7-13(16)9-14(17)8-12/h7-9,18H,4-6,10-11H2,1-3H3. The molecule has 0 aliphatic rings. The third kappa shape index (κ3) is 5.07. The fourth-order valence-corrected chi connectivity index (χ4v) is 2.60. The Hall–Kier alpha value is -0.410. The molecule has 1 unspecified atom stereocenters. The second-order valence-corrected chi connectivity index (χ2v) is 6.21. The van der Waals surface area contributed by atoms with Gasteiger partial charge in [-0.1, -0.05) is 36.7 Å². The molecule has 0 fully saturated rings. The molecule has 1 aromatic rings. The summed E-state index contributed by atoms with van der Waals surface area (Å²) >= 11 is 3.35. The Labute approximate surface area is 118 Å². The first kappa shape index (κ1) is 15.6. The number of rotatable bonds is 7. The summed E-state index contributed by atoms with van der Waals surface area (Å²) in [6.07, 6.45) is 3.12. The Balaban J connectivity index is 2.71. The van der Waals surface area contributed by atoms with Gasteiger partial charge in [0.15, 0.2) is 0 Å². The molecule has 0 bridgehead atoms. The van der Waals surface area contributed by atoms with Gasteiger partial charge in [0.25, 0.3) is 0 Å². The van der Waals surface area contributed by atoms with Gasteiger partial charge >= 0.3 is 0 Å². The largest absolute Gasteiger partial charge is 0.316 e. The summed E-state index contributed by atoms with van der Waals surface area (Å²) in [5, 5.41) is 3.47. The van der Waals surface area contributed by atoms with Crippen LogP contribution in [0.5, 0.6) is 0 Å². The van der Waals surface area contributed by atoms with Crippen molar-refractivity contribution in [1.29, 1.82) is 0 Å². The van der Waals surface area contributed by atoms with Crippen LogP contribution in [0.4, 0.5) is 4.39 Å². The molecule has 0 radical (unpaired) electrons. The minimum Gasteiger partial charge on any atom is -0.316 e. The van der Waals surface area contributed by atoms with Gasteiger partial charge < -0.3 is 5.32 Å². The first-order valence-corrected chi connectivity index (χ1v) is 7.44. The van der Waals surface area contributed by atoms with Crippen LogP contribution < -0.4 is 5.32 Å². The maximum Gasteiger partial charge on any atom is 0.124 e. The third-order valence-corrected chi connectivity index (χ3v) is 3.84. The number of hydrogen-bond donors (Lipinski definition) is 1. The molecule has 0 spiro atoms. The minimum absolute atomic E-state index is 0.167. The minimum atomic E-state index is -0.167. The third-order valence-electron chi connectivity index (χ3n) is 3.39. The van der Waals surface area contributed by atoms with E-state index in [2.05, 4.69) is 42.0 Å². The second kappa shape index (κ2) is 7.25. The number of hydrogen-bond acceptors (Lipinski definition) is 1. The van der Waals surface area contributed by atoms with E-state index in [1.807, 2.05) is 6.07 Å². The van der Waals surface area contributed by atoms with Crippen molar-refractivity contribution in [2.24, 2.45) is 5.41 Å². The van der Waals surface area contributed by atoms with E-state index < -0.39 is 0 Å². The van der Waals surface area contributed by atoms with E-state index in [1.54, 1.807) is 6.07 Å². The lowest BCUT2D eigenvalue weighted by Gasteiger charge is -2.29. The van der Waals surface area contributed by atoms with Crippen LogP contribution in [0.3, 0.4) is 0 Å². The zero-order valence-corrected chi connectivity index (χ0v) is 13.1. The molecule has 0 aliphatic carbocycles. The van der Waals surface area contributed by atoms with Crippen LogP contribution >= 0.6 is 15.9 Å². The Bertz CT molecular complexity index is 361. The van der Waals surface area contributed by atoms with Crippen molar-refractivity contribution in [3.05, 3.63) is 34.1 Å². The van der Waals surface area contributed by atoms with E-state index in [0.717, 1.165) is 42.4 Å². The number of halogens is 2. The van der Waals surface area contributed by atoms with E-state index in [9.17, 15) is 4.39 Å². The zero-order chi connectivity index (χ0) is 13.6. The molecule has 0 amide bonds. The zero-order valence-electron chi connectivity index (χ0n) is 11.5. The van der Waals surface area contributed by atoms with Crippen molar-refractivity contribution in [3.63, 3.8) is 0 Å². The highest BCUT2D eigenvalue weighted by Crippen LogP contribution is 2.27. The molecule has 1 atom stereocenters. The monoisotopic (exact) mass is 315 g/mol. The summed E-state index contributed by atoms with van der Waals surface area (Å²) in [4.78, 5) is 0. The molecule has 1 aromatic carbocycles. The maximum absolute atomic E-state index is 13.4. The lowest BCUT2D eigenvalue weighted by Crippen LogP contribution is -2.33. The van der Waals surface area contributed by atoms with E-state index in [-0.39, 0.29) is 11.2 Å². The van der Waals surface area contributed by atoms with Crippen LogP contribution in [0.15, 0.2) is 22.7 Å². The number of benzene rings is 1. The quantitative estimate of drug-likeness (QED) is 0.728. The van der Waals surface area contributed by atoms with Gasteiger partial charge in [-0.05, 0) is 55.0 Å². The SMILES string of the molecule is CCCNCC(C)(CC)Cc1cc(F)cc(Br)c1. The Morgan fingerprint density at radius 3 is 2.56 bits per heavy atom. The summed E-state index contributed by atoms with van der Waals surface area (Å²) in [7, 11) is 0. The fraction of sp³-hybridized carbons (Fsp3) is 0.600. The fourth-order valence-electron chi connectivity index (χ4n) is 2.09. The van der Waals surface area contributed by atoms with Gasteiger partial charge in [-0.3, -0.25) is 0 Å².